The van der Waals surface area contributed by atoms with Crippen molar-refractivity contribution in [3.05, 3.63) is 0 Å². The van der Waals surface area contributed by atoms with E-state index in [0.717, 1.165) is 6.42 Å². The smallest absolute Gasteiger partial charge is 0.303 e. The summed E-state index contributed by atoms with van der Waals surface area (Å²) in [5.41, 5.74) is 0. The lowest BCUT2D eigenvalue weighted by molar-refractivity contribution is -0.137. The predicted molar refractivity (Wildman–Crippen MR) is 58.5 cm³/mol. The Morgan fingerprint density at radius 2 is 1.71 bits per heavy atom. The van der Waals surface area contributed by atoms with Crippen LogP contribution in [-0.4, -0.2) is 27.2 Å². The minimum Gasteiger partial charge on any atom is -0.481 e. The second-order valence-electron chi connectivity index (χ2n) is 3.71. The molecule has 0 aromatic carbocycles. The van der Waals surface area contributed by atoms with Crippen molar-refractivity contribution >= 4 is 40.8 Å². The molecule has 1 N–H and O–H groups in total. The largest absolute Gasteiger partial charge is 0.481 e. The van der Waals surface area contributed by atoms with Gasteiger partial charge in [-0.25, -0.2) is 0 Å². The van der Waals surface area contributed by atoms with Crippen LogP contribution in [0.25, 0.3) is 0 Å². The number of rotatable bonds is 3. The summed E-state index contributed by atoms with van der Waals surface area (Å²) in [5, 5.41) is 8.35. The molecule has 4 unspecified atom stereocenters. The van der Waals surface area contributed by atoms with E-state index in [-0.39, 0.29) is 28.5 Å². The zero-order valence-electron chi connectivity index (χ0n) is 7.63. The maximum absolute atomic E-state index is 10.4. The van der Waals surface area contributed by atoms with Gasteiger partial charge in [-0.3, -0.25) is 4.79 Å². The first-order valence-corrected chi connectivity index (χ1v) is 5.95. The Balaban J connectivity index is 2.40. The summed E-state index contributed by atoms with van der Waals surface area (Å²) in [5.74, 6) is -0.599. The van der Waals surface area contributed by atoms with E-state index in [2.05, 4.69) is 0 Å². The third kappa shape index (κ3) is 3.48. The van der Waals surface area contributed by atoms with Gasteiger partial charge < -0.3 is 5.11 Å². The maximum Gasteiger partial charge on any atom is 0.303 e. The van der Waals surface area contributed by atoms with Crippen molar-refractivity contribution in [2.45, 2.75) is 41.8 Å². The lowest BCUT2D eigenvalue weighted by atomic mass is 9.85. The molecule has 1 rings (SSSR count). The molecule has 1 aliphatic rings. The van der Waals surface area contributed by atoms with Crippen LogP contribution in [0.3, 0.4) is 0 Å². The number of halogens is 3. The summed E-state index contributed by atoms with van der Waals surface area (Å²) in [7, 11) is 0. The van der Waals surface area contributed by atoms with E-state index in [1.54, 1.807) is 0 Å². The molecule has 0 saturated heterocycles. The van der Waals surface area contributed by atoms with Crippen LogP contribution in [0.1, 0.15) is 25.7 Å². The van der Waals surface area contributed by atoms with Gasteiger partial charge in [0.05, 0.1) is 10.8 Å². The molecule has 0 radical (unpaired) electrons. The van der Waals surface area contributed by atoms with E-state index in [9.17, 15) is 4.79 Å². The summed E-state index contributed by atoms with van der Waals surface area (Å²) in [6.07, 6.45) is 2.14. The van der Waals surface area contributed by atoms with Gasteiger partial charge in [0.25, 0.3) is 0 Å². The fourth-order valence-electron chi connectivity index (χ4n) is 1.75. The van der Waals surface area contributed by atoms with Crippen molar-refractivity contribution in [3.8, 4) is 0 Å². The van der Waals surface area contributed by atoms with Gasteiger partial charge in [-0.05, 0) is 25.2 Å². The fraction of sp³-hybridized carbons (Fsp3) is 0.889. The highest BCUT2D eigenvalue weighted by Gasteiger charge is 2.34. The monoisotopic (exact) mass is 258 g/mol. The Morgan fingerprint density at radius 3 is 2.29 bits per heavy atom. The highest BCUT2D eigenvalue weighted by Crippen LogP contribution is 2.37. The molecule has 0 heterocycles. The van der Waals surface area contributed by atoms with Gasteiger partial charge in [0.15, 0.2) is 0 Å². The Morgan fingerprint density at radius 1 is 1.14 bits per heavy atom. The van der Waals surface area contributed by atoms with Crippen molar-refractivity contribution in [3.63, 3.8) is 0 Å². The van der Waals surface area contributed by atoms with Crippen LogP contribution < -0.4 is 0 Å². The van der Waals surface area contributed by atoms with Gasteiger partial charge in [0, 0.05) is 11.8 Å². The normalized spacial score (nSPS) is 38.2. The molecule has 2 nitrogen and oxygen atoms in total. The topological polar surface area (TPSA) is 37.3 Å². The van der Waals surface area contributed by atoms with E-state index >= 15 is 0 Å². The van der Waals surface area contributed by atoms with Gasteiger partial charge >= 0.3 is 5.97 Å². The molecule has 4 atom stereocenters. The molecule has 5 heteroatoms. The minimum absolute atomic E-state index is 0.0353. The molecule has 0 amide bonds. The lowest BCUT2D eigenvalue weighted by Gasteiger charge is -2.33. The van der Waals surface area contributed by atoms with Crippen LogP contribution in [0.15, 0.2) is 0 Å². The number of carboxylic acid groups (broad SMARTS) is 1. The molecule has 1 fully saturated rings. The van der Waals surface area contributed by atoms with E-state index < -0.39 is 5.97 Å². The second-order valence-corrected chi connectivity index (χ2v) is 5.39. The first kappa shape index (κ1) is 12.4. The molecule has 1 saturated carbocycles. The Kier molecular flexibility index (Phi) is 4.81. The van der Waals surface area contributed by atoms with Crippen molar-refractivity contribution < 1.29 is 9.90 Å². The maximum atomic E-state index is 10.4. The molecule has 0 aromatic rings. The number of hydrogen-bond donors (Lipinski definition) is 1. The summed E-state index contributed by atoms with van der Waals surface area (Å²) >= 11 is 18.1. The molecule has 0 bridgehead atoms. The number of hydrogen-bond acceptors (Lipinski definition) is 1. The summed E-state index contributed by atoms with van der Waals surface area (Å²) in [6, 6.07) is 0. The Labute approximate surface area is 98.5 Å². The quantitative estimate of drug-likeness (QED) is 0.791. The predicted octanol–water partition coefficient (Wildman–Crippen LogP) is 3.08. The first-order valence-electron chi connectivity index (χ1n) is 4.64. The van der Waals surface area contributed by atoms with E-state index in [1.807, 2.05) is 0 Å². The molecular formula is C9H13Cl3O2. The van der Waals surface area contributed by atoms with Crippen LogP contribution in [-0.2, 0) is 4.79 Å². The van der Waals surface area contributed by atoms with Crippen molar-refractivity contribution in [2.24, 2.45) is 5.92 Å². The molecule has 82 valence electrons. The van der Waals surface area contributed by atoms with Crippen LogP contribution in [0.2, 0.25) is 0 Å². The van der Waals surface area contributed by atoms with Gasteiger partial charge in [-0.2, -0.15) is 0 Å². The molecular weight excluding hydrogens is 246 g/mol. The van der Waals surface area contributed by atoms with Crippen molar-refractivity contribution in [1.29, 1.82) is 0 Å². The number of carboxylic acids is 1. The minimum atomic E-state index is -0.784. The van der Waals surface area contributed by atoms with Gasteiger partial charge in [-0.1, -0.05) is 0 Å². The van der Waals surface area contributed by atoms with Gasteiger partial charge in [-0.15, -0.1) is 34.8 Å². The summed E-state index contributed by atoms with van der Waals surface area (Å²) in [4.78, 5) is 10.4. The molecule has 1 aliphatic carbocycles. The lowest BCUT2D eigenvalue weighted by Crippen LogP contribution is -2.34. The molecule has 0 aromatic heterocycles. The van der Waals surface area contributed by atoms with Gasteiger partial charge in [0.2, 0.25) is 0 Å². The van der Waals surface area contributed by atoms with Crippen LogP contribution in [0, 0.1) is 5.92 Å². The molecule has 0 spiro atoms. The zero-order chi connectivity index (χ0) is 10.7. The van der Waals surface area contributed by atoms with E-state index in [1.165, 1.54) is 0 Å². The molecule has 14 heavy (non-hydrogen) atoms. The van der Waals surface area contributed by atoms with Crippen LogP contribution in [0.4, 0.5) is 0 Å². The van der Waals surface area contributed by atoms with Crippen LogP contribution >= 0.6 is 34.8 Å². The van der Waals surface area contributed by atoms with Gasteiger partial charge in [0.1, 0.15) is 0 Å². The summed E-state index contributed by atoms with van der Waals surface area (Å²) < 4.78 is 0. The Hall–Kier alpha value is 0.340. The SMILES string of the molecule is O=C(O)CCC1CC(Cl)C(Cl)CC1Cl. The third-order valence-electron chi connectivity index (χ3n) is 2.61. The fourth-order valence-corrected chi connectivity index (χ4v) is 2.89. The van der Waals surface area contributed by atoms with Crippen molar-refractivity contribution in [1.82, 2.24) is 0 Å². The highest BCUT2D eigenvalue weighted by molar-refractivity contribution is 6.31. The second kappa shape index (κ2) is 5.43. The van der Waals surface area contributed by atoms with E-state index in [4.69, 9.17) is 39.9 Å². The molecule has 0 aliphatic heterocycles. The first-order chi connectivity index (χ1) is 6.50. The summed E-state index contributed by atoms with van der Waals surface area (Å²) in [6.45, 7) is 0. The number of alkyl halides is 3. The standard InChI is InChI=1S/C9H13Cl3O2/c10-6-4-8(12)7(11)3-5(6)1-2-9(13)14/h5-8H,1-4H2,(H,13,14). The number of carbonyl (C=O) groups is 1. The van der Waals surface area contributed by atoms with Crippen LogP contribution in [0.5, 0.6) is 0 Å². The highest BCUT2D eigenvalue weighted by atomic mass is 35.5. The average Bonchev–Trinajstić information content (AvgIpc) is 2.09. The van der Waals surface area contributed by atoms with Crippen molar-refractivity contribution in [2.75, 3.05) is 0 Å². The van der Waals surface area contributed by atoms with E-state index in [0.29, 0.717) is 12.8 Å². The third-order valence-corrected chi connectivity index (χ3v) is 4.24. The Bertz CT molecular complexity index is 210. The zero-order valence-corrected chi connectivity index (χ0v) is 9.89. The number of aliphatic carboxylic acids is 1. The average molecular weight is 260 g/mol.